The Morgan fingerprint density at radius 1 is 1.21 bits per heavy atom. The number of hydrogen-bond acceptors (Lipinski definition) is 4. The van der Waals surface area contributed by atoms with Crippen molar-refractivity contribution in [1.82, 2.24) is 15.4 Å². The smallest absolute Gasteiger partial charge is 0.273 e. The molecule has 2 aliphatic rings. The third-order valence-corrected chi connectivity index (χ3v) is 5.21. The van der Waals surface area contributed by atoms with Crippen molar-refractivity contribution in [2.24, 2.45) is 5.92 Å². The largest absolute Gasteiger partial charge is 0.359 e. The first-order valence-electron chi connectivity index (χ1n) is 9.23. The van der Waals surface area contributed by atoms with E-state index < -0.39 is 0 Å². The Kier molecular flexibility index (Phi) is 5.53. The van der Waals surface area contributed by atoms with Gasteiger partial charge in [-0.15, -0.1) is 0 Å². The molecule has 2 fully saturated rings. The van der Waals surface area contributed by atoms with Crippen molar-refractivity contribution in [2.75, 3.05) is 6.54 Å². The standard InChI is InChI=1S/C18H27N3O3/c1-2-19-17(22)16-11-15(24-20-16)12-21(14-9-5-6-10-14)18(23)13-7-3-4-8-13/h11,13-14H,2-10,12H2,1H3,(H,19,22). The molecular weight excluding hydrogens is 306 g/mol. The molecule has 0 atom stereocenters. The number of nitrogens with one attached hydrogen (secondary N) is 1. The number of rotatable bonds is 6. The molecular formula is C18H27N3O3. The molecule has 1 aromatic rings. The van der Waals surface area contributed by atoms with E-state index >= 15 is 0 Å². The van der Waals surface area contributed by atoms with E-state index in [1.807, 2.05) is 11.8 Å². The molecule has 0 unspecified atom stereocenters. The van der Waals surface area contributed by atoms with Crippen LogP contribution in [-0.2, 0) is 11.3 Å². The first-order chi connectivity index (χ1) is 11.7. The first-order valence-corrected chi connectivity index (χ1v) is 9.23. The molecule has 0 bridgehead atoms. The van der Waals surface area contributed by atoms with Gasteiger partial charge >= 0.3 is 0 Å². The number of carbonyl (C=O) groups excluding carboxylic acids is 2. The minimum Gasteiger partial charge on any atom is -0.359 e. The van der Waals surface area contributed by atoms with Gasteiger partial charge in [0.15, 0.2) is 11.5 Å². The Hall–Kier alpha value is -1.85. The lowest BCUT2D eigenvalue weighted by molar-refractivity contribution is -0.138. The van der Waals surface area contributed by atoms with Gasteiger partial charge in [0.1, 0.15) is 0 Å². The lowest BCUT2D eigenvalue weighted by Gasteiger charge is -2.30. The van der Waals surface area contributed by atoms with E-state index in [0.29, 0.717) is 24.9 Å². The van der Waals surface area contributed by atoms with Crippen LogP contribution in [0.15, 0.2) is 10.6 Å². The fraction of sp³-hybridized carbons (Fsp3) is 0.722. The van der Waals surface area contributed by atoms with E-state index in [1.165, 1.54) is 12.8 Å². The summed E-state index contributed by atoms with van der Waals surface area (Å²) in [4.78, 5) is 26.8. The van der Waals surface area contributed by atoms with Gasteiger partial charge in [0.2, 0.25) is 5.91 Å². The number of amides is 2. The Morgan fingerprint density at radius 2 is 1.88 bits per heavy atom. The van der Waals surface area contributed by atoms with Crippen LogP contribution in [0.25, 0.3) is 0 Å². The summed E-state index contributed by atoms with van der Waals surface area (Å²) in [6.07, 6.45) is 8.80. The fourth-order valence-corrected chi connectivity index (χ4v) is 3.92. The van der Waals surface area contributed by atoms with Gasteiger partial charge in [0.05, 0.1) is 6.54 Å². The van der Waals surface area contributed by atoms with Crippen LogP contribution < -0.4 is 5.32 Å². The Bertz CT molecular complexity index is 572. The average Bonchev–Trinajstić information content (AvgIpc) is 3.34. The van der Waals surface area contributed by atoms with Crippen molar-refractivity contribution in [1.29, 1.82) is 0 Å². The van der Waals surface area contributed by atoms with Crippen molar-refractivity contribution in [3.63, 3.8) is 0 Å². The monoisotopic (exact) mass is 333 g/mol. The van der Waals surface area contributed by atoms with E-state index in [1.54, 1.807) is 6.07 Å². The van der Waals surface area contributed by atoms with E-state index in [4.69, 9.17) is 4.52 Å². The third-order valence-electron chi connectivity index (χ3n) is 5.21. The summed E-state index contributed by atoms with van der Waals surface area (Å²) in [5.74, 6) is 0.781. The average molecular weight is 333 g/mol. The topological polar surface area (TPSA) is 75.4 Å². The van der Waals surface area contributed by atoms with Gasteiger partial charge < -0.3 is 14.7 Å². The molecule has 0 saturated heterocycles. The highest BCUT2D eigenvalue weighted by atomic mass is 16.5. The maximum Gasteiger partial charge on any atom is 0.273 e. The van der Waals surface area contributed by atoms with Gasteiger partial charge in [0, 0.05) is 24.6 Å². The Morgan fingerprint density at radius 3 is 2.54 bits per heavy atom. The third kappa shape index (κ3) is 3.79. The van der Waals surface area contributed by atoms with Gasteiger partial charge in [-0.2, -0.15) is 0 Å². The predicted octanol–water partition coefficient (Wildman–Crippen LogP) is 2.89. The summed E-state index contributed by atoms with van der Waals surface area (Å²) in [6.45, 7) is 2.84. The molecule has 1 N–H and O–H groups in total. The van der Waals surface area contributed by atoms with Crippen molar-refractivity contribution in [2.45, 2.75) is 70.9 Å². The summed E-state index contributed by atoms with van der Waals surface area (Å²) in [6, 6.07) is 1.96. The highest BCUT2D eigenvalue weighted by Gasteiger charge is 2.33. The minimum absolute atomic E-state index is 0.163. The lowest BCUT2D eigenvalue weighted by Crippen LogP contribution is -2.41. The zero-order chi connectivity index (χ0) is 16.9. The van der Waals surface area contributed by atoms with Crippen LogP contribution >= 0.6 is 0 Å². The molecule has 0 radical (unpaired) electrons. The van der Waals surface area contributed by atoms with Gasteiger partial charge in [-0.05, 0) is 32.6 Å². The van der Waals surface area contributed by atoms with Crippen LogP contribution in [0.4, 0.5) is 0 Å². The maximum absolute atomic E-state index is 13.0. The first kappa shape index (κ1) is 17.0. The highest BCUT2D eigenvalue weighted by Crippen LogP contribution is 2.31. The second-order valence-electron chi connectivity index (χ2n) is 6.92. The van der Waals surface area contributed by atoms with Crippen molar-refractivity contribution < 1.29 is 14.1 Å². The normalized spacial score (nSPS) is 18.9. The molecule has 2 aliphatic carbocycles. The summed E-state index contributed by atoms with van der Waals surface area (Å²) >= 11 is 0. The van der Waals surface area contributed by atoms with Crippen LogP contribution in [0.5, 0.6) is 0 Å². The summed E-state index contributed by atoms with van der Waals surface area (Å²) in [7, 11) is 0. The molecule has 0 aliphatic heterocycles. The van der Waals surface area contributed by atoms with Crippen molar-refractivity contribution >= 4 is 11.8 Å². The number of hydrogen-bond donors (Lipinski definition) is 1. The summed E-state index contributed by atoms with van der Waals surface area (Å²) in [5.41, 5.74) is 0.284. The van der Waals surface area contributed by atoms with Crippen molar-refractivity contribution in [3.05, 3.63) is 17.5 Å². The minimum atomic E-state index is -0.234. The zero-order valence-corrected chi connectivity index (χ0v) is 14.4. The second-order valence-corrected chi connectivity index (χ2v) is 6.92. The highest BCUT2D eigenvalue weighted by molar-refractivity contribution is 5.92. The second kappa shape index (κ2) is 7.81. The van der Waals surface area contributed by atoms with E-state index in [2.05, 4.69) is 10.5 Å². The van der Waals surface area contributed by atoms with Gasteiger partial charge in [0.25, 0.3) is 5.91 Å². The molecule has 1 aromatic heterocycles. The molecule has 6 nitrogen and oxygen atoms in total. The quantitative estimate of drug-likeness (QED) is 0.868. The van der Waals surface area contributed by atoms with Crippen LogP contribution in [0.2, 0.25) is 0 Å². The Labute approximate surface area is 142 Å². The molecule has 24 heavy (non-hydrogen) atoms. The van der Waals surface area contributed by atoms with Crippen LogP contribution in [0.3, 0.4) is 0 Å². The summed E-state index contributed by atoms with van der Waals surface area (Å²) in [5, 5.41) is 6.56. The fourth-order valence-electron chi connectivity index (χ4n) is 3.92. The van der Waals surface area contributed by atoms with Crippen LogP contribution in [0, 0.1) is 5.92 Å². The Balaban J connectivity index is 1.71. The zero-order valence-electron chi connectivity index (χ0n) is 14.4. The van der Waals surface area contributed by atoms with E-state index in [9.17, 15) is 9.59 Å². The number of aromatic nitrogens is 1. The number of carbonyl (C=O) groups is 2. The molecule has 1 heterocycles. The molecule has 2 saturated carbocycles. The van der Waals surface area contributed by atoms with Gasteiger partial charge in [-0.1, -0.05) is 30.8 Å². The molecule has 6 heteroatoms. The molecule has 132 valence electrons. The lowest BCUT2D eigenvalue weighted by atomic mass is 10.0. The number of nitrogens with zero attached hydrogens (tertiary/aromatic N) is 2. The predicted molar refractivity (Wildman–Crippen MR) is 89.3 cm³/mol. The van der Waals surface area contributed by atoms with Crippen LogP contribution in [-0.4, -0.2) is 34.5 Å². The van der Waals surface area contributed by atoms with Crippen LogP contribution in [0.1, 0.15) is 74.5 Å². The van der Waals surface area contributed by atoms with Gasteiger partial charge in [-0.3, -0.25) is 9.59 Å². The van der Waals surface area contributed by atoms with E-state index in [0.717, 1.165) is 38.5 Å². The van der Waals surface area contributed by atoms with E-state index in [-0.39, 0.29) is 23.4 Å². The van der Waals surface area contributed by atoms with Crippen molar-refractivity contribution in [3.8, 4) is 0 Å². The molecule has 0 aromatic carbocycles. The molecule has 3 rings (SSSR count). The molecule has 2 amide bonds. The molecule has 0 spiro atoms. The maximum atomic E-state index is 13.0. The SMILES string of the molecule is CCNC(=O)c1cc(CN(C(=O)C2CCCC2)C2CCCC2)on1. The summed E-state index contributed by atoms with van der Waals surface area (Å²) < 4.78 is 5.33. The van der Waals surface area contributed by atoms with Gasteiger partial charge in [-0.25, -0.2) is 0 Å².